The molecule has 0 bridgehead atoms. The Hall–Kier alpha value is -0.880. The molecule has 17 heavy (non-hydrogen) atoms. The lowest BCUT2D eigenvalue weighted by molar-refractivity contribution is 0.413. The number of sulfone groups is 1. The van der Waals surface area contributed by atoms with E-state index < -0.39 is 9.84 Å². The van der Waals surface area contributed by atoms with Gasteiger partial charge in [0, 0.05) is 17.3 Å². The lowest BCUT2D eigenvalue weighted by Gasteiger charge is -2.22. The maximum absolute atomic E-state index is 11.4. The normalized spacial score (nSPS) is 26.9. The average Bonchev–Trinajstić information content (AvgIpc) is 2.84. The third-order valence-electron chi connectivity index (χ3n) is 3.86. The number of hydrogen-bond donors (Lipinski definition) is 1. The van der Waals surface area contributed by atoms with Crippen LogP contribution in [-0.4, -0.2) is 29.7 Å². The van der Waals surface area contributed by atoms with E-state index >= 15 is 0 Å². The summed E-state index contributed by atoms with van der Waals surface area (Å²) in [7, 11) is -2.80. The van der Waals surface area contributed by atoms with E-state index in [4.69, 9.17) is 5.73 Å². The minimum Gasteiger partial charge on any atom is -0.321 e. The molecule has 2 aliphatic rings. The topological polar surface area (TPSA) is 78.0 Å². The number of nitrogens with two attached hydrogens (primary N) is 1. The van der Waals surface area contributed by atoms with Gasteiger partial charge in [0.25, 0.3) is 0 Å². The summed E-state index contributed by atoms with van der Waals surface area (Å²) in [5.41, 5.74) is 7.04. The van der Waals surface area contributed by atoms with Crippen LogP contribution in [-0.2, 0) is 15.4 Å². The molecule has 0 atom stereocenters. The van der Waals surface area contributed by atoms with Gasteiger partial charge in [0.15, 0.2) is 0 Å². The predicted octanol–water partition coefficient (Wildman–Crippen LogP) is 0.581. The Labute approximate surface area is 101 Å². The Kier molecular flexibility index (Phi) is 2.35. The third-order valence-corrected chi connectivity index (χ3v) is 5.58. The van der Waals surface area contributed by atoms with E-state index in [9.17, 15) is 8.42 Å². The van der Waals surface area contributed by atoms with Crippen molar-refractivity contribution in [1.29, 1.82) is 0 Å². The van der Waals surface area contributed by atoms with Crippen molar-refractivity contribution in [3.8, 4) is 0 Å². The molecule has 1 saturated carbocycles. The van der Waals surface area contributed by atoms with Crippen molar-refractivity contribution in [3.05, 3.63) is 18.0 Å². The highest BCUT2D eigenvalue weighted by Gasteiger charge is 2.41. The predicted molar refractivity (Wildman–Crippen MR) is 64.3 cm³/mol. The smallest absolute Gasteiger partial charge is 0.150 e. The molecule has 2 heterocycles. The van der Waals surface area contributed by atoms with Crippen LogP contribution in [0.3, 0.4) is 0 Å². The van der Waals surface area contributed by atoms with Crippen LogP contribution >= 0.6 is 0 Å². The van der Waals surface area contributed by atoms with Crippen molar-refractivity contribution in [2.45, 2.75) is 37.3 Å². The lowest BCUT2D eigenvalue weighted by Crippen LogP contribution is -2.26. The lowest BCUT2D eigenvalue weighted by atomic mass is 10.1. The van der Waals surface area contributed by atoms with Gasteiger partial charge in [-0.3, -0.25) is 4.68 Å². The Morgan fingerprint density at radius 2 is 2.00 bits per heavy atom. The van der Waals surface area contributed by atoms with E-state index in [1.54, 1.807) is 0 Å². The van der Waals surface area contributed by atoms with Crippen LogP contribution in [0.2, 0.25) is 0 Å². The Bertz CT molecular complexity index is 517. The molecule has 1 aromatic rings. The number of aromatic nitrogens is 2. The molecule has 2 N–H and O–H groups in total. The molecule has 2 fully saturated rings. The van der Waals surface area contributed by atoms with Crippen LogP contribution < -0.4 is 5.73 Å². The molecule has 0 unspecified atom stereocenters. The highest BCUT2D eigenvalue weighted by atomic mass is 32.2. The summed E-state index contributed by atoms with van der Waals surface area (Å²) in [6, 6.07) is 0.217. The highest BCUT2D eigenvalue weighted by molar-refractivity contribution is 7.91. The fourth-order valence-corrected chi connectivity index (χ4v) is 3.83. The largest absolute Gasteiger partial charge is 0.321 e. The fourth-order valence-electron chi connectivity index (χ4n) is 2.36. The first-order valence-electron chi connectivity index (χ1n) is 6.02. The quantitative estimate of drug-likeness (QED) is 0.838. The molecular formula is C11H17N3O2S. The van der Waals surface area contributed by atoms with Crippen LogP contribution in [0.5, 0.6) is 0 Å². The van der Waals surface area contributed by atoms with E-state index in [1.807, 2.05) is 17.1 Å². The van der Waals surface area contributed by atoms with Crippen molar-refractivity contribution in [2.75, 3.05) is 11.5 Å². The molecule has 6 heteroatoms. The zero-order valence-electron chi connectivity index (χ0n) is 9.67. The zero-order chi connectivity index (χ0) is 12.1. The number of nitrogens with zero attached hydrogens (tertiary/aromatic N) is 2. The molecule has 1 aromatic heterocycles. The van der Waals surface area contributed by atoms with Gasteiger partial charge in [-0.2, -0.15) is 5.10 Å². The Morgan fingerprint density at radius 3 is 2.59 bits per heavy atom. The van der Waals surface area contributed by atoms with Gasteiger partial charge in [-0.1, -0.05) is 0 Å². The molecule has 0 aromatic carbocycles. The van der Waals surface area contributed by atoms with Crippen molar-refractivity contribution < 1.29 is 8.42 Å². The van der Waals surface area contributed by atoms with Crippen LogP contribution in [0.25, 0.3) is 0 Å². The zero-order valence-corrected chi connectivity index (χ0v) is 10.5. The SMILES string of the molecule is NC1(c2cnn(C3CCS(=O)(=O)CC3)c2)CC1. The molecular weight excluding hydrogens is 238 g/mol. The molecule has 0 spiro atoms. The van der Waals surface area contributed by atoms with Gasteiger partial charge in [-0.25, -0.2) is 8.42 Å². The van der Waals surface area contributed by atoms with E-state index in [1.165, 1.54) is 0 Å². The number of hydrogen-bond acceptors (Lipinski definition) is 4. The van der Waals surface area contributed by atoms with E-state index in [0.717, 1.165) is 18.4 Å². The first kappa shape index (κ1) is 11.2. The van der Waals surface area contributed by atoms with Crippen molar-refractivity contribution in [1.82, 2.24) is 9.78 Å². The summed E-state index contributed by atoms with van der Waals surface area (Å²) in [5.74, 6) is 0.557. The molecule has 94 valence electrons. The van der Waals surface area contributed by atoms with Gasteiger partial charge in [0.2, 0.25) is 0 Å². The average molecular weight is 255 g/mol. The van der Waals surface area contributed by atoms with E-state index in [0.29, 0.717) is 12.8 Å². The monoisotopic (exact) mass is 255 g/mol. The molecule has 3 rings (SSSR count). The standard InChI is InChI=1S/C11H17N3O2S/c12-11(3-4-11)9-7-13-14(8-9)10-1-5-17(15,16)6-2-10/h7-8,10H,1-6,12H2. The molecule has 1 saturated heterocycles. The second-order valence-corrected chi connectivity index (χ2v) is 7.55. The van der Waals surface area contributed by atoms with Gasteiger partial charge in [0.05, 0.1) is 23.7 Å². The van der Waals surface area contributed by atoms with Crippen LogP contribution in [0.15, 0.2) is 12.4 Å². The second-order valence-electron chi connectivity index (χ2n) is 5.25. The number of rotatable bonds is 2. The molecule has 0 amide bonds. The fraction of sp³-hybridized carbons (Fsp3) is 0.727. The Morgan fingerprint density at radius 1 is 1.35 bits per heavy atom. The Balaban J connectivity index is 1.75. The van der Waals surface area contributed by atoms with Gasteiger partial charge in [0.1, 0.15) is 9.84 Å². The van der Waals surface area contributed by atoms with Crippen LogP contribution in [0.4, 0.5) is 0 Å². The second kappa shape index (κ2) is 3.55. The first-order chi connectivity index (χ1) is 7.99. The molecule has 5 nitrogen and oxygen atoms in total. The highest BCUT2D eigenvalue weighted by Crippen LogP contribution is 2.42. The van der Waals surface area contributed by atoms with Gasteiger partial charge in [-0.15, -0.1) is 0 Å². The molecule has 1 aliphatic heterocycles. The molecule has 1 aliphatic carbocycles. The van der Waals surface area contributed by atoms with Crippen molar-refractivity contribution >= 4 is 9.84 Å². The minimum atomic E-state index is -2.80. The molecule has 0 radical (unpaired) electrons. The first-order valence-corrected chi connectivity index (χ1v) is 7.85. The van der Waals surface area contributed by atoms with E-state index in [2.05, 4.69) is 5.10 Å². The van der Waals surface area contributed by atoms with Crippen molar-refractivity contribution in [2.24, 2.45) is 5.73 Å². The summed E-state index contributed by atoms with van der Waals surface area (Å²) in [4.78, 5) is 0. The summed E-state index contributed by atoms with van der Waals surface area (Å²) in [6.07, 6.45) is 7.21. The van der Waals surface area contributed by atoms with Gasteiger partial charge in [-0.05, 0) is 25.7 Å². The van der Waals surface area contributed by atoms with Crippen LogP contribution in [0.1, 0.15) is 37.3 Å². The van der Waals surface area contributed by atoms with Gasteiger partial charge < -0.3 is 5.73 Å². The van der Waals surface area contributed by atoms with Gasteiger partial charge >= 0.3 is 0 Å². The minimum absolute atomic E-state index is 0.154. The maximum Gasteiger partial charge on any atom is 0.150 e. The third kappa shape index (κ3) is 2.11. The van der Waals surface area contributed by atoms with E-state index in [-0.39, 0.29) is 23.1 Å². The van der Waals surface area contributed by atoms with Crippen LogP contribution in [0, 0.1) is 0 Å². The summed E-state index contributed by atoms with van der Waals surface area (Å²) >= 11 is 0. The summed E-state index contributed by atoms with van der Waals surface area (Å²) < 4.78 is 24.6. The maximum atomic E-state index is 11.4. The summed E-state index contributed by atoms with van der Waals surface area (Å²) in [6.45, 7) is 0. The summed E-state index contributed by atoms with van der Waals surface area (Å²) in [5, 5.41) is 4.34. The van der Waals surface area contributed by atoms with Crippen molar-refractivity contribution in [3.63, 3.8) is 0 Å².